The highest BCUT2D eigenvalue weighted by Crippen LogP contribution is 2.38. The molecule has 0 aliphatic heterocycles. The third-order valence-electron chi connectivity index (χ3n) is 4.91. The highest BCUT2D eigenvalue weighted by Gasteiger charge is 2.30. The van der Waals surface area contributed by atoms with E-state index in [2.05, 4.69) is 4.98 Å². The molecule has 12 heteroatoms. The number of halogens is 2. The van der Waals surface area contributed by atoms with E-state index in [1.54, 1.807) is 6.07 Å². The Morgan fingerprint density at radius 1 is 1.18 bits per heavy atom. The summed E-state index contributed by atoms with van der Waals surface area (Å²) in [7, 11) is 6.54. The van der Waals surface area contributed by atoms with Crippen LogP contribution >= 0.6 is 35.3 Å². The maximum absolute atomic E-state index is 13.6. The Balaban J connectivity index is 0.00000385. The predicted octanol–water partition coefficient (Wildman–Crippen LogP) is 4.81. The Labute approximate surface area is 206 Å². The van der Waals surface area contributed by atoms with Gasteiger partial charge >= 0.3 is 0 Å². The number of nitro groups is 1. The lowest BCUT2D eigenvalue weighted by molar-refractivity contribution is -0.385. The normalized spacial score (nSPS) is 10.8. The molecule has 0 N–H and O–H groups in total. The molecule has 33 heavy (non-hydrogen) atoms. The van der Waals surface area contributed by atoms with Crippen LogP contribution in [0.1, 0.15) is 15.9 Å². The molecular weight excluding hydrogens is 491 g/mol. The third kappa shape index (κ3) is 5.47. The van der Waals surface area contributed by atoms with E-state index >= 15 is 0 Å². The minimum Gasteiger partial charge on any atom is -0.493 e. The van der Waals surface area contributed by atoms with Crippen molar-refractivity contribution >= 4 is 62.3 Å². The zero-order valence-electron chi connectivity index (χ0n) is 18.7. The van der Waals surface area contributed by atoms with E-state index < -0.39 is 10.8 Å². The van der Waals surface area contributed by atoms with E-state index in [-0.39, 0.29) is 41.7 Å². The molecule has 3 rings (SSSR count). The van der Waals surface area contributed by atoms with Gasteiger partial charge in [-0.05, 0) is 38.7 Å². The van der Waals surface area contributed by atoms with E-state index in [4.69, 9.17) is 21.1 Å². The van der Waals surface area contributed by atoms with Crippen molar-refractivity contribution in [3.05, 3.63) is 50.5 Å². The number of aryl methyl sites for hydroxylation is 1. The van der Waals surface area contributed by atoms with Crippen molar-refractivity contribution in [3.63, 3.8) is 0 Å². The Morgan fingerprint density at radius 2 is 1.82 bits per heavy atom. The SMILES string of the molecule is COc1cc(C(=O)N(CCN(C)C)c2nc3c(C)c(Cl)ccc3s2)c([N+](=O)[O-])cc1OC.Cl. The number of rotatable bonds is 8. The molecule has 0 unspecified atom stereocenters. The quantitative estimate of drug-likeness (QED) is 0.314. The van der Waals surface area contributed by atoms with Crippen molar-refractivity contribution in [1.82, 2.24) is 9.88 Å². The van der Waals surface area contributed by atoms with Gasteiger partial charge in [0.1, 0.15) is 5.56 Å². The van der Waals surface area contributed by atoms with Crippen molar-refractivity contribution in [3.8, 4) is 11.5 Å². The molecular formula is C21H24Cl2N4O5S. The van der Waals surface area contributed by atoms with Crippen molar-refractivity contribution in [2.24, 2.45) is 0 Å². The number of nitro benzene ring substituents is 1. The molecule has 0 saturated carbocycles. The van der Waals surface area contributed by atoms with Crippen molar-refractivity contribution in [2.45, 2.75) is 6.92 Å². The Morgan fingerprint density at radius 3 is 2.39 bits per heavy atom. The van der Waals surface area contributed by atoms with Gasteiger partial charge in [-0.3, -0.25) is 19.8 Å². The van der Waals surface area contributed by atoms with E-state index in [0.717, 1.165) is 10.3 Å². The number of ether oxygens (including phenoxy) is 2. The minimum atomic E-state index is -0.610. The first-order chi connectivity index (χ1) is 15.2. The van der Waals surface area contributed by atoms with E-state index in [1.807, 2.05) is 32.0 Å². The summed E-state index contributed by atoms with van der Waals surface area (Å²) in [6.45, 7) is 2.67. The molecule has 0 atom stereocenters. The summed E-state index contributed by atoms with van der Waals surface area (Å²) in [6, 6.07) is 6.15. The molecule has 1 aromatic heterocycles. The maximum atomic E-state index is 13.6. The van der Waals surface area contributed by atoms with E-state index in [1.165, 1.54) is 42.6 Å². The molecule has 0 saturated heterocycles. The summed E-state index contributed by atoms with van der Waals surface area (Å²) in [5, 5.41) is 12.8. The zero-order chi connectivity index (χ0) is 23.6. The van der Waals surface area contributed by atoms with Crippen molar-refractivity contribution < 1.29 is 19.2 Å². The van der Waals surface area contributed by atoms with Gasteiger partial charge in [0, 0.05) is 24.2 Å². The van der Waals surface area contributed by atoms with Crippen molar-refractivity contribution in [1.29, 1.82) is 0 Å². The number of nitrogens with zero attached hydrogens (tertiary/aromatic N) is 4. The zero-order valence-corrected chi connectivity index (χ0v) is 21.1. The molecule has 2 aromatic carbocycles. The Bertz CT molecular complexity index is 1190. The highest BCUT2D eigenvalue weighted by atomic mass is 35.5. The van der Waals surface area contributed by atoms with Crippen LogP contribution in [0, 0.1) is 17.0 Å². The van der Waals surface area contributed by atoms with Gasteiger partial charge in [0.15, 0.2) is 16.6 Å². The second-order valence-electron chi connectivity index (χ2n) is 7.26. The van der Waals surface area contributed by atoms with E-state index in [0.29, 0.717) is 22.2 Å². The summed E-state index contributed by atoms with van der Waals surface area (Å²) < 4.78 is 11.3. The smallest absolute Gasteiger partial charge is 0.286 e. The fourth-order valence-corrected chi connectivity index (χ4v) is 4.33. The highest BCUT2D eigenvalue weighted by molar-refractivity contribution is 7.22. The first-order valence-corrected chi connectivity index (χ1v) is 10.8. The van der Waals surface area contributed by atoms with Gasteiger partial charge < -0.3 is 14.4 Å². The molecule has 178 valence electrons. The molecule has 0 spiro atoms. The summed E-state index contributed by atoms with van der Waals surface area (Å²) in [4.78, 5) is 32.8. The molecule has 1 heterocycles. The van der Waals surface area contributed by atoms with Crippen LogP contribution in [0.25, 0.3) is 10.2 Å². The van der Waals surface area contributed by atoms with E-state index in [9.17, 15) is 14.9 Å². The lowest BCUT2D eigenvalue weighted by Gasteiger charge is -2.22. The van der Waals surface area contributed by atoms with Crippen molar-refractivity contribution in [2.75, 3.05) is 46.3 Å². The molecule has 9 nitrogen and oxygen atoms in total. The van der Waals surface area contributed by atoms with Gasteiger partial charge in [-0.2, -0.15) is 0 Å². The number of carbonyl (C=O) groups excluding carboxylic acids is 1. The number of amides is 1. The number of fused-ring (bicyclic) bond motifs is 1. The summed E-state index contributed by atoms with van der Waals surface area (Å²) in [5.74, 6) is -0.163. The molecule has 3 aromatic rings. The van der Waals surface area contributed by atoms with Crippen LogP contribution < -0.4 is 14.4 Å². The molecule has 0 fully saturated rings. The number of thiazole rings is 1. The largest absolute Gasteiger partial charge is 0.493 e. The van der Waals surface area contributed by atoms with Gasteiger partial charge in [0.2, 0.25) is 0 Å². The Kier molecular flexibility index (Phi) is 8.84. The summed E-state index contributed by atoms with van der Waals surface area (Å²) >= 11 is 7.56. The first kappa shape index (κ1) is 26.6. The number of methoxy groups -OCH3 is 2. The van der Waals surface area contributed by atoms with Gasteiger partial charge in [-0.15, -0.1) is 12.4 Å². The first-order valence-electron chi connectivity index (χ1n) is 9.60. The van der Waals surface area contributed by atoms with Crippen LogP contribution in [-0.2, 0) is 0 Å². The lowest BCUT2D eigenvalue weighted by Crippen LogP contribution is -2.37. The monoisotopic (exact) mass is 514 g/mol. The number of benzene rings is 2. The number of hydrogen-bond acceptors (Lipinski definition) is 8. The fraction of sp³-hybridized carbons (Fsp3) is 0.333. The van der Waals surface area contributed by atoms with Crippen LogP contribution in [0.5, 0.6) is 11.5 Å². The maximum Gasteiger partial charge on any atom is 0.286 e. The predicted molar refractivity (Wildman–Crippen MR) is 133 cm³/mol. The molecule has 0 aliphatic rings. The number of hydrogen-bond donors (Lipinski definition) is 0. The minimum absolute atomic E-state index is 0. The lowest BCUT2D eigenvalue weighted by atomic mass is 10.1. The fourth-order valence-electron chi connectivity index (χ4n) is 3.12. The topological polar surface area (TPSA) is 98.0 Å². The number of carbonyl (C=O) groups is 1. The summed E-state index contributed by atoms with van der Waals surface area (Å²) in [6.07, 6.45) is 0. The van der Waals surface area contributed by atoms with Crippen LogP contribution in [-0.4, -0.2) is 62.1 Å². The summed E-state index contributed by atoms with van der Waals surface area (Å²) in [5.41, 5.74) is 1.02. The third-order valence-corrected chi connectivity index (χ3v) is 6.37. The van der Waals surface area contributed by atoms with Crippen LogP contribution in [0.2, 0.25) is 5.02 Å². The molecule has 0 bridgehead atoms. The van der Waals surface area contributed by atoms with Crippen LogP contribution in [0.15, 0.2) is 24.3 Å². The van der Waals surface area contributed by atoms with Gasteiger partial charge in [0.25, 0.3) is 11.6 Å². The average Bonchev–Trinajstić information content (AvgIpc) is 3.19. The molecule has 1 amide bonds. The van der Waals surface area contributed by atoms with Crippen LogP contribution in [0.4, 0.5) is 10.8 Å². The number of likely N-dealkylation sites (N-methyl/N-ethyl adjacent to an activating group) is 1. The van der Waals surface area contributed by atoms with Gasteiger partial charge in [-0.1, -0.05) is 22.9 Å². The van der Waals surface area contributed by atoms with Gasteiger partial charge in [-0.25, -0.2) is 4.98 Å². The van der Waals surface area contributed by atoms with Gasteiger partial charge in [0.05, 0.1) is 35.4 Å². The molecule has 0 aliphatic carbocycles. The number of aromatic nitrogens is 1. The second kappa shape index (κ2) is 11.0. The molecule has 0 radical (unpaired) electrons. The van der Waals surface area contributed by atoms with Crippen LogP contribution in [0.3, 0.4) is 0 Å². The Hall–Kier alpha value is -2.66. The second-order valence-corrected chi connectivity index (χ2v) is 8.67. The number of anilines is 1. The average molecular weight is 515 g/mol. The standard InChI is InChI=1S/C21H23ClN4O5S.ClH/c1-12-14(22)6-7-18-19(12)23-21(32-18)25(9-8-24(2)3)20(27)13-10-16(30-4)17(31-5)11-15(13)26(28)29;/h6-7,10-11H,8-9H2,1-5H3;1H.